The Kier molecular flexibility index (Phi) is 4.60. The average molecular weight is 212 g/mol. The Morgan fingerprint density at radius 1 is 1.40 bits per heavy atom. The topological polar surface area (TPSA) is 15.3 Å². The van der Waals surface area contributed by atoms with Gasteiger partial charge in [-0.15, -0.1) is 0 Å². The molecule has 0 spiro atoms. The van der Waals surface area contributed by atoms with E-state index in [9.17, 15) is 0 Å². The number of nitrogens with one attached hydrogen (secondary N) is 1. The van der Waals surface area contributed by atoms with Crippen molar-refractivity contribution in [2.75, 3.05) is 26.7 Å². The predicted octanol–water partition coefficient (Wildman–Crippen LogP) is 2.35. The second-order valence-electron chi connectivity index (χ2n) is 6.19. The van der Waals surface area contributed by atoms with E-state index in [-0.39, 0.29) is 0 Å². The van der Waals surface area contributed by atoms with Crippen molar-refractivity contribution in [3.05, 3.63) is 0 Å². The fourth-order valence-electron chi connectivity index (χ4n) is 2.55. The molecule has 15 heavy (non-hydrogen) atoms. The van der Waals surface area contributed by atoms with Gasteiger partial charge in [0.2, 0.25) is 0 Å². The molecule has 1 heterocycles. The van der Waals surface area contributed by atoms with Crippen LogP contribution in [-0.4, -0.2) is 37.6 Å². The monoisotopic (exact) mass is 212 g/mol. The summed E-state index contributed by atoms with van der Waals surface area (Å²) >= 11 is 0. The molecule has 0 saturated carbocycles. The van der Waals surface area contributed by atoms with Gasteiger partial charge >= 0.3 is 0 Å². The van der Waals surface area contributed by atoms with Crippen LogP contribution >= 0.6 is 0 Å². The van der Waals surface area contributed by atoms with Crippen LogP contribution in [0.1, 0.15) is 40.5 Å². The summed E-state index contributed by atoms with van der Waals surface area (Å²) in [5, 5.41) is 3.45. The van der Waals surface area contributed by atoms with Crippen LogP contribution in [0.4, 0.5) is 0 Å². The molecule has 2 atom stereocenters. The summed E-state index contributed by atoms with van der Waals surface area (Å²) in [7, 11) is 2.09. The first kappa shape index (κ1) is 13.0. The van der Waals surface area contributed by atoms with Crippen LogP contribution < -0.4 is 5.32 Å². The van der Waals surface area contributed by atoms with E-state index >= 15 is 0 Å². The van der Waals surface area contributed by atoms with E-state index in [1.165, 1.54) is 32.5 Å². The lowest BCUT2D eigenvalue weighted by molar-refractivity contribution is 0.228. The van der Waals surface area contributed by atoms with E-state index in [2.05, 4.69) is 45.0 Å². The maximum absolute atomic E-state index is 3.45. The average Bonchev–Trinajstić information content (AvgIpc) is 2.50. The predicted molar refractivity (Wildman–Crippen MR) is 67.1 cm³/mol. The quantitative estimate of drug-likeness (QED) is 0.769. The fourth-order valence-corrected chi connectivity index (χ4v) is 2.55. The van der Waals surface area contributed by atoms with Gasteiger partial charge in [0, 0.05) is 12.6 Å². The van der Waals surface area contributed by atoms with Gasteiger partial charge in [-0.05, 0) is 44.3 Å². The van der Waals surface area contributed by atoms with E-state index in [1.54, 1.807) is 0 Å². The van der Waals surface area contributed by atoms with Crippen LogP contribution in [0.3, 0.4) is 0 Å². The molecule has 2 heteroatoms. The van der Waals surface area contributed by atoms with Crippen molar-refractivity contribution in [1.29, 1.82) is 0 Å². The minimum Gasteiger partial charge on any atom is -0.316 e. The molecule has 0 aromatic rings. The second-order valence-corrected chi connectivity index (χ2v) is 6.19. The van der Waals surface area contributed by atoms with Crippen LogP contribution in [0.15, 0.2) is 0 Å². The Balaban J connectivity index is 2.29. The SMILES string of the molecule is CNC(CCN1CCC(C)C1)C(C)(C)C. The molecule has 1 saturated heterocycles. The normalized spacial score (nSPS) is 25.8. The van der Waals surface area contributed by atoms with Crippen molar-refractivity contribution in [3.63, 3.8) is 0 Å². The van der Waals surface area contributed by atoms with E-state index in [0.717, 1.165) is 5.92 Å². The van der Waals surface area contributed by atoms with Crippen LogP contribution in [0.25, 0.3) is 0 Å². The lowest BCUT2D eigenvalue weighted by Gasteiger charge is -2.31. The van der Waals surface area contributed by atoms with E-state index in [4.69, 9.17) is 0 Å². The van der Waals surface area contributed by atoms with Gasteiger partial charge in [0.05, 0.1) is 0 Å². The Morgan fingerprint density at radius 2 is 2.07 bits per heavy atom. The molecule has 90 valence electrons. The molecule has 1 aliphatic heterocycles. The highest BCUT2D eigenvalue weighted by molar-refractivity contribution is 4.81. The van der Waals surface area contributed by atoms with Gasteiger partial charge < -0.3 is 10.2 Å². The maximum Gasteiger partial charge on any atom is 0.0125 e. The van der Waals surface area contributed by atoms with Crippen LogP contribution in [0, 0.1) is 11.3 Å². The molecule has 0 amide bonds. The van der Waals surface area contributed by atoms with Crippen molar-refractivity contribution in [1.82, 2.24) is 10.2 Å². The Labute approximate surface area is 95.4 Å². The molecular weight excluding hydrogens is 184 g/mol. The molecule has 0 bridgehead atoms. The maximum atomic E-state index is 3.45. The fraction of sp³-hybridized carbons (Fsp3) is 1.00. The Bertz CT molecular complexity index is 183. The molecule has 1 aliphatic rings. The first-order valence-corrected chi connectivity index (χ1v) is 6.33. The number of likely N-dealkylation sites (tertiary alicyclic amines) is 1. The van der Waals surface area contributed by atoms with Crippen molar-refractivity contribution in [2.24, 2.45) is 11.3 Å². The largest absolute Gasteiger partial charge is 0.316 e. The molecule has 0 radical (unpaired) electrons. The number of hydrogen-bond acceptors (Lipinski definition) is 2. The number of nitrogens with zero attached hydrogens (tertiary/aromatic N) is 1. The lowest BCUT2D eigenvalue weighted by Crippen LogP contribution is -2.40. The third-order valence-corrected chi connectivity index (χ3v) is 3.64. The third kappa shape index (κ3) is 4.12. The van der Waals surface area contributed by atoms with E-state index < -0.39 is 0 Å². The third-order valence-electron chi connectivity index (χ3n) is 3.64. The molecule has 0 aliphatic carbocycles. The van der Waals surface area contributed by atoms with Crippen molar-refractivity contribution >= 4 is 0 Å². The van der Waals surface area contributed by atoms with Crippen molar-refractivity contribution in [3.8, 4) is 0 Å². The highest BCUT2D eigenvalue weighted by Gasteiger charge is 2.25. The summed E-state index contributed by atoms with van der Waals surface area (Å²) in [6.07, 6.45) is 2.66. The van der Waals surface area contributed by atoms with Gasteiger partial charge in [0.15, 0.2) is 0 Å². The Morgan fingerprint density at radius 3 is 2.47 bits per heavy atom. The standard InChI is InChI=1S/C13H28N2/c1-11-6-8-15(10-11)9-7-12(14-5)13(2,3)4/h11-12,14H,6-10H2,1-5H3. The minimum absolute atomic E-state index is 0.375. The van der Waals surface area contributed by atoms with E-state index in [1.807, 2.05) is 0 Å². The summed E-state index contributed by atoms with van der Waals surface area (Å²) in [6, 6.07) is 0.633. The van der Waals surface area contributed by atoms with Crippen LogP contribution in [0.5, 0.6) is 0 Å². The van der Waals surface area contributed by atoms with Gasteiger partial charge in [0.25, 0.3) is 0 Å². The summed E-state index contributed by atoms with van der Waals surface area (Å²) in [6.45, 7) is 13.2. The summed E-state index contributed by atoms with van der Waals surface area (Å²) in [5.41, 5.74) is 0.375. The highest BCUT2D eigenvalue weighted by atomic mass is 15.1. The first-order chi connectivity index (χ1) is 6.93. The van der Waals surface area contributed by atoms with E-state index in [0.29, 0.717) is 11.5 Å². The van der Waals surface area contributed by atoms with Crippen molar-refractivity contribution < 1.29 is 0 Å². The van der Waals surface area contributed by atoms with Crippen LogP contribution in [-0.2, 0) is 0 Å². The summed E-state index contributed by atoms with van der Waals surface area (Å²) in [4.78, 5) is 2.61. The molecular formula is C13H28N2. The smallest absolute Gasteiger partial charge is 0.0125 e. The van der Waals surface area contributed by atoms with Crippen LogP contribution in [0.2, 0.25) is 0 Å². The number of rotatable bonds is 4. The molecule has 1 fully saturated rings. The van der Waals surface area contributed by atoms with Gasteiger partial charge in [-0.1, -0.05) is 27.7 Å². The highest BCUT2D eigenvalue weighted by Crippen LogP contribution is 2.23. The molecule has 0 aromatic carbocycles. The second kappa shape index (κ2) is 5.31. The lowest BCUT2D eigenvalue weighted by atomic mass is 9.85. The zero-order valence-corrected chi connectivity index (χ0v) is 11.1. The summed E-state index contributed by atoms with van der Waals surface area (Å²) in [5.74, 6) is 0.910. The van der Waals surface area contributed by atoms with Crippen molar-refractivity contribution in [2.45, 2.75) is 46.6 Å². The number of hydrogen-bond donors (Lipinski definition) is 1. The van der Waals surface area contributed by atoms with Gasteiger partial charge in [0.1, 0.15) is 0 Å². The molecule has 2 unspecified atom stereocenters. The molecule has 1 N–H and O–H groups in total. The Hall–Kier alpha value is -0.0800. The summed E-state index contributed by atoms with van der Waals surface area (Å²) < 4.78 is 0. The zero-order chi connectivity index (χ0) is 11.5. The minimum atomic E-state index is 0.375. The van der Waals surface area contributed by atoms with Gasteiger partial charge in [-0.25, -0.2) is 0 Å². The molecule has 1 rings (SSSR count). The first-order valence-electron chi connectivity index (χ1n) is 6.33. The van der Waals surface area contributed by atoms with Gasteiger partial charge in [-0.2, -0.15) is 0 Å². The zero-order valence-electron chi connectivity index (χ0n) is 11.1. The molecule has 0 aromatic heterocycles. The molecule has 2 nitrogen and oxygen atoms in total. The van der Waals surface area contributed by atoms with Gasteiger partial charge in [-0.3, -0.25) is 0 Å².